The Bertz CT molecular complexity index is 320. The number of furan rings is 1. The molecule has 13 heavy (non-hydrogen) atoms. The third-order valence-corrected chi connectivity index (χ3v) is 2.16. The lowest BCUT2D eigenvalue weighted by atomic mass is 10.1. The average Bonchev–Trinajstić information content (AvgIpc) is 2.73. The molecule has 0 radical (unpaired) electrons. The highest BCUT2D eigenvalue weighted by Crippen LogP contribution is 2.46. The molecule has 4 heteroatoms. The topological polar surface area (TPSA) is 13.1 Å². The fraction of sp³-hybridized carbons (Fsp3) is 0.556. The number of aryl methyl sites for hydroxylation is 1. The van der Waals surface area contributed by atoms with Gasteiger partial charge in [-0.25, -0.2) is 0 Å². The van der Waals surface area contributed by atoms with Gasteiger partial charge >= 0.3 is 6.18 Å². The van der Waals surface area contributed by atoms with Gasteiger partial charge in [-0.2, -0.15) is 13.2 Å². The summed E-state index contributed by atoms with van der Waals surface area (Å²) in [5, 5.41) is 0. The SMILES string of the molecule is Cc1cc(C2CC2)c(C(F)(F)F)o1. The van der Waals surface area contributed by atoms with Crippen molar-refractivity contribution in [3.05, 3.63) is 23.2 Å². The molecule has 0 spiro atoms. The van der Waals surface area contributed by atoms with Crippen molar-refractivity contribution < 1.29 is 17.6 Å². The maximum absolute atomic E-state index is 12.4. The minimum atomic E-state index is -4.34. The third-order valence-electron chi connectivity index (χ3n) is 2.16. The van der Waals surface area contributed by atoms with Crippen molar-refractivity contribution >= 4 is 0 Å². The minimum absolute atomic E-state index is 0.0778. The van der Waals surface area contributed by atoms with Crippen molar-refractivity contribution in [2.45, 2.75) is 31.9 Å². The summed E-state index contributed by atoms with van der Waals surface area (Å²) in [7, 11) is 0. The zero-order valence-electron chi connectivity index (χ0n) is 7.11. The zero-order valence-corrected chi connectivity index (χ0v) is 7.11. The average molecular weight is 190 g/mol. The van der Waals surface area contributed by atoms with Gasteiger partial charge in [-0.15, -0.1) is 0 Å². The van der Waals surface area contributed by atoms with Gasteiger partial charge in [0, 0.05) is 5.56 Å². The molecule has 0 unspecified atom stereocenters. The molecule has 1 aromatic rings. The summed E-state index contributed by atoms with van der Waals surface area (Å²) in [5.74, 6) is -0.379. The van der Waals surface area contributed by atoms with Gasteiger partial charge < -0.3 is 4.42 Å². The van der Waals surface area contributed by atoms with Gasteiger partial charge in [0.2, 0.25) is 5.76 Å². The standard InChI is InChI=1S/C9H9F3O/c1-5-4-7(6-2-3-6)8(13-5)9(10,11)12/h4,6H,2-3H2,1H3. The Morgan fingerprint density at radius 2 is 2.00 bits per heavy atom. The Morgan fingerprint density at radius 3 is 2.46 bits per heavy atom. The van der Waals surface area contributed by atoms with E-state index in [9.17, 15) is 13.2 Å². The Morgan fingerprint density at radius 1 is 1.38 bits per heavy atom. The number of halogens is 3. The second-order valence-corrected chi connectivity index (χ2v) is 3.41. The van der Waals surface area contributed by atoms with Crippen molar-refractivity contribution in [1.29, 1.82) is 0 Å². The van der Waals surface area contributed by atoms with Crippen molar-refractivity contribution in [2.24, 2.45) is 0 Å². The maximum atomic E-state index is 12.4. The smallest absolute Gasteiger partial charge is 0.449 e. The van der Waals surface area contributed by atoms with Gasteiger partial charge in [-0.1, -0.05) is 0 Å². The third kappa shape index (κ3) is 1.57. The first kappa shape index (κ1) is 8.66. The van der Waals surface area contributed by atoms with E-state index in [1.165, 1.54) is 6.07 Å². The van der Waals surface area contributed by atoms with Crippen LogP contribution in [0.2, 0.25) is 0 Å². The van der Waals surface area contributed by atoms with E-state index in [0.29, 0.717) is 11.3 Å². The van der Waals surface area contributed by atoms with Crippen LogP contribution in [0.15, 0.2) is 10.5 Å². The molecule has 1 fully saturated rings. The van der Waals surface area contributed by atoms with Crippen molar-refractivity contribution in [1.82, 2.24) is 0 Å². The summed E-state index contributed by atoms with van der Waals surface area (Å²) in [6, 6.07) is 1.50. The molecule has 1 aromatic heterocycles. The summed E-state index contributed by atoms with van der Waals surface area (Å²) >= 11 is 0. The van der Waals surface area contributed by atoms with Crippen LogP contribution in [0.1, 0.15) is 35.8 Å². The highest BCUT2D eigenvalue weighted by Gasteiger charge is 2.42. The van der Waals surface area contributed by atoms with Crippen molar-refractivity contribution in [3.8, 4) is 0 Å². The Kier molecular flexibility index (Phi) is 1.68. The van der Waals surface area contributed by atoms with Gasteiger partial charge in [-0.3, -0.25) is 0 Å². The summed E-state index contributed by atoms with van der Waals surface area (Å²) in [4.78, 5) is 0. The Labute approximate surface area is 73.5 Å². The second-order valence-electron chi connectivity index (χ2n) is 3.41. The molecule has 1 aliphatic carbocycles. The molecule has 0 aromatic carbocycles. The largest absolute Gasteiger partial charge is 0.456 e. The molecule has 1 saturated carbocycles. The molecule has 0 aliphatic heterocycles. The molecule has 1 nitrogen and oxygen atoms in total. The maximum Gasteiger partial charge on any atom is 0.449 e. The van der Waals surface area contributed by atoms with E-state index in [1.807, 2.05) is 0 Å². The molecule has 1 heterocycles. The summed E-state index contributed by atoms with van der Waals surface area (Å²) in [5.41, 5.74) is 0.338. The van der Waals surface area contributed by atoms with Crippen LogP contribution in [0.3, 0.4) is 0 Å². The Balaban J connectivity index is 2.42. The molecule has 0 saturated heterocycles. The van der Waals surface area contributed by atoms with Crippen LogP contribution >= 0.6 is 0 Å². The van der Waals surface area contributed by atoms with Gasteiger partial charge in [0.05, 0.1) is 0 Å². The van der Waals surface area contributed by atoms with Crippen LogP contribution in [-0.4, -0.2) is 0 Å². The van der Waals surface area contributed by atoms with Crippen molar-refractivity contribution in [3.63, 3.8) is 0 Å². The number of hydrogen-bond acceptors (Lipinski definition) is 1. The lowest BCUT2D eigenvalue weighted by Gasteiger charge is -2.04. The fourth-order valence-corrected chi connectivity index (χ4v) is 1.45. The first-order valence-electron chi connectivity index (χ1n) is 4.16. The lowest BCUT2D eigenvalue weighted by Crippen LogP contribution is -2.05. The first-order chi connectivity index (χ1) is 5.98. The molecule has 0 amide bonds. The second kappa shape index (κ2) is 2.53. The number of hydrogen-bond donors (Lipinski definition) is 0. The van der Waals surface area contributed by atoms with E-state index < -0.39 is 11.9 Å². The normalized spacial score (nSPS) is 17.8. The number of rotatable bonds is 1. The zero-order chi connectivity index (χ0) is 9.64. The van der Waals surface area contributed by atoms with Gasteiger partial charge in [0.1, 0.15) is 5.76 Å². The van der Waals surface area contributed by atoms with Crippen molar-refractivity contribution in [2.75, 3.05) is 0 Å². The van der Waals surface area contributed by atoms with Crippen LogP contribution in [0.25, 0.3) is 0 Å². The van der Waals surface area contributed by atoms with E-state index in [1.54, 1.807) is 6.92 Å². The number of alkyl halides is 3. The highest BCUT2D eigenvalue weighted by atomic mass is 19.4. The molecular formula is C9H9F3O. The van der Waals surface area contributed by atoms with Gasteiger partial charge in [-0.05, 0) is 31.7 Å². The molecule has 72 valence electrons. The quantitative estimate of drug-likeness (QED) is 0.660. The molecule has 0 N–H and O–H groups in total. The highest BCUT2D eigenvalue weighted by molar-refractivity contribution is 5.30. The van der Waals surface area contributed by atoms with E-state index >= 15 is 0 Å². The minimum Gasteiger partial charge on any atom is -0.456 e. The lowest BCUT2D eigenvalue weighted by molar-refractivity contribution is -0.154. The molecule has 0 atom stereocenters. The molecule has 1 aliphatic rings. The predicted molar refractivity (Wildman–Crippen MR) is 40.4 cm³/mol. The van der Waals surface area contributed by atoms with E-state index in [4.69, 9.17) is 0 Å². The van der Waals surface area contributed by atoms with Crippen LogP contribution in [0.4, 0.5) is 13.2 Å². The van der Waals surface area contributed by atoms with E-state index in [0.717, 1.165) is 12.8 Å². The molecular weight excluding hydrogens is 181 g/mol. The van der Waals surface area contributed by atoms with E-state index in [-0.39, 0.29) is 5.92 Å². The summed E-state index contributed by atoms with van der Waals surface area (Å²) < 4.78 is 41.7. The monoisotopic (exact) mass is 190 g/mol. The first-order valence-corrected chi connectivity index (χ1v) is 4.16. The van der Waals surface area contributed by atoms with Crippen LogP contribution in [0, 0.1) is 6.92 Å². The van der Waals surface area contributed by atoms with E-state index in [2.05, 4.69) is 4.42 Å². The van der Waals surface area contributed by atoms with Gasteiger partial charge in [0.25, 0.3) is 0 Å². The molecule has 0 bridgehead atoms. The molecule has 2 rings (SSSR count). The van der Waals surface area contributed by atoms with Crippen LogP contribution < -0.4 is 0 Å². The predicted octanol–water partition coefficient (Wildman–Crippen LogP) is 3.48. The summed E-state index contributed by atoms with van der Waals surface area (Å²) in [6.45, 7) is 1.54. The Hall–Kier alpha value is -0.930. The van der Waals surface area contributed by atoms with Crippen LogP contribution in [0.5, 0.6) is 0 Å². The fourth-order valence-electron chi connectivity index (χ4n) is 1.45. The van der Waals surface area contributed by atoms with Gasteiger partial charge in [0.15, 0.2) is 0 Å². The summed E-state index contributed by atoms with van der Waals surface area (Å²) in [6.07, 6.45) is -2.64. The van der Waals surface area contributed by atoms with Crippen LogP contribution in [-0.2, 0) is 6.18 Å².